The minimum atomic E-state index is 0.496. The van der Waals surface area contributed by atoms with E-state index in [4.69, 9.17) is 0 Å². The number of hydrogen-bond acceptors (Lipinski definition) is 2. The lowest BCUT2D eigenvalue weighted by Crippen LogP contribution is -2.28. The van der Waals surface area contributed by atoms with E-state index in [0.717, 1.165) is 13.1 Å². The van der Waals surface area contributed by atoms with Crippen molar-refractivity contribution in [2.45, 2.75) is 25.2 Å². The molecule has 0 bridgehead atoms. The Morgan fingerprint density at radius 2 is 2.22 bits per heavy atom. The van der Waals surface area contributed by atoms with E-state index in [1.807, 2.05) is 6.20 Å². The first-order chi connectivity index (χ1) is 8.93. The Morgan fingerprint density at radius 1 is 1.22 bits per heavy atom. The number of aryl methyl sites for hydroxylation is 1. The fourth-order valence-corrected chi connectivity index (χ4v) is 3.39. The molecular formula is C15H17N3. The van der Waals surface area contributed by atoms with Crippen LogP contribution in [0.5, 0.6) is 0 Å². The van der Waals surface area contributed by atoms with Crippen LogP contribution in [0.1, 0.15) is 29.9 Å². The van der Waals surface area contributed by atoms with Crippen molar-refractivity contribution in [2.75, 3.05) is 13.1 Å². The SMILES string of the molecule is c1cc2c3c(ccc2[nH]1)C(C1=NCCN1)CCC3. The zero-order chi connectivity index (χ0) is 11.9. The Hall–Kier alpha value is -1.77. The van der Waals surface area contributed by atoms with Gasteiger partial charge >= 0.3 is 0 Å². The van der Waals surface area contributed by atoms with Crippen LogP contribution in [0.15, 0.2) is 29.4 Å². The highest BCUT2D eigenvalue weighted by atomic mass is 15.1. The summed E-state index contributed by atoms with van der Waals surface area (Å²) in [6, 6.07) is 6.71. The third kappa shape index (κ3) is 1.40. The van der Waals surface area contributed by atoms with Gasteiger partial charge in [0.15, 0.2) is 0 Å². The van der Waals surface area contributed by atoms with Crippen LogP contribution in [0.2, 0.25) is 0 Å². The van der Waals surface area contributed by atoms with Gasteiger partial charge in [0.25, 0.3) is 0 Å². The quantitative estimate of drug-likeness (QED) is 0.789. The summed E-state index contributed by atoms with van der Waals surface area (Å²) in [6.45, 7) is 1.95. The summed E-state index contributed by atoms with van der Waals surface area (Å²) in [5.41, 5.74) is 4.28. The predicted molar refractivity (Wildman–Crippen MR) is 74.3 cm³/mol. The second-order valence-electron chi connectivity index (χ2n) is 5.21. The Labute approximate surface area is 106 Å². The fourth-order valence-electron chi connectivity index (χ4n) is 3.39. The lowest BCUT2D eigenvalue weighted by Gasteiger charge is -2.26. The maximum atomic E-state index is 4.62. The molecular weight excluding hydrogens is 222 g/mol. The molecule has 92 valence electrons. The molecule has 2 aromatic rings. The highest BCUT2D eigenvalue weighted by Crippen LogP contribution is 2.36. The van der Waals surface area contributed by atoms with Crippen LogP contribution in [0.3, 0.4) is 0 Å². The summed E-state index contributed by atoms with van der Waals surface area (Å²) in [5, 5.41) is 4.85. The molecule has 3 heteroatoms. The molecule has 1 unspecified atom stereocenters. The predicted octanol–water partition coefficient (Wildman–Crippen LogP) is 2.59. The van der Waals surface area contributed by atoms with Crippen LogP contribution in [0.4, 0.5) is 0 Å². The number of fused-ring (bicyclic) bond motifs is 3. The van der Waals surface area contributed by atoms with E-state index < -0.39 is 0 Å². The van der Waals surface area contributed by atoms with Crippen molar-refractivity contribution >= 4 is 16.7 Å². The Kier molecular flexibility index (Phi) is 2.19. The highest BCUT2D eigenvalue weighted by Gasteiger charge is 2.27. The van der Waals surface area contributed by atoms with Gasteiger partial charge in [-0.3, -0.25) is 4.99 Å². The molecule has 0 fully saturated rings. The smallest absolute Gasteiger partial charge is 0.104 e. The lowest BCUT2D eigenvalue weighted by molar-refractivity contribution is 0.645. The number of H-pyrrole nitrogens is 1. The van der Waals surface area contributed by atoms with Gasteiger partial charge in [0, 0.05) is 29.6 Å². The molecule has 3 nitrogen and oxygen atoms in total. The second kappa shape index (κ2) is 3.87. The molecule has 1 aromatic carbocycles. The van der Waals surface area contributed by atoms with Crippen molar-refractivity contribution in [3.63, 3.8) is 0 Å². The highest BCUT2D eigenvalue weighted by molar-refractivity contribution is 5.93. The van der Waals surface area contributed by atoms with E-state index in [-0.39, 0.29) is 0 Å². The molecule has 0 radical (unpaired) electrons. The van der Waals surface area contributed by atoms with E-state index in [1.54, 1.807) is 0 Å². The average molecular weight is 239 g/mol. The van der Waals surface area contributed by atoms with Gasteiger partial charge in [0.05, 0.1) is 6.54 Å². The third-order valence-electron chi connectivity index (χ3n) is 4.21. The fraction of sp³-hybridized carbons (Fsp3) is 0.400. The Bertz CT molecular complexity index is 624. The summed E-state index contributed by atoms with van der Waals surface area (Å²) in [4.78, 5) is 7.93. The van der Waals surface area contributed by atoms with Gasteiger partial charge in [-0.2, -0.15) is 0 Å². The summed E-state index contributed by atoms with van der Waals surface area (Å²) < 4.78 is 0. The molecule has 1 aliphatic heterocycles. The van der Waals surface area contributed by atoms with Crippen molar-refractivity contribution in [1.82, 2.24) is 10.3 Å². The van der Waals surface area contributed by atoms with Crippen LogP contribution in [-0.2, 0) is 6.42 Å². The van der Waals surface area contributed by atoms with Crippen molar-refractivity contribution < 1.29 is 0 Å². The van der Waals surface area contributed by atoms with Gasteiger partial charge in [-0.05, 0) is 42.5 Å². The van der Waals surface area contributed by atoms with Crippen LogP contribution in [0, 0.1) is 0 Å². The van der Waals surface area contributed by atoms with Crippen molar-refractivity contribution in [3.8, 4) is 0 Å². The first kappa shape index (κ1) is 10.2. The summed E-state index contributed by atoms with van der Waals surface area (Å²) in [7, 11) is 0. The van der Waals surface area contributed by atoms with E-state index in [1.165, 1.54) is 47.1 Å². The number of nitrogens with zero attached hydrogens (tertiary/aromatic N) is 1. The second-order valence-corrected chi connectivity index (χ2v) is 5.21. The molecule has 2 heterocycles. The van der Waals surface area contributed by atoms with Gasteiger partial charge in [-0.1, -0.05) is 6.07 Å². The van der Waals surface area contributed by atoms with E-state index in [9.17, 15) is 0 Å². The molecule has 0 saturated carbocycles. The van der Waals surface area contributed by atoms with Gasteiger partial charge in [0.1, 0.15) is 5.84 Å². The number of aliphatic imine (C=N–C) groups is 1. The standard InChI is InChI=1S/C15H17N3/c1-2-10-11(4-5-14-12(10)6-7-16-14)13(3-1)15-17-8-9-18-15/h4-7,13,16H,1-3,8-9H2,(H,17,18). The largest absolute Gasteiger partial charge is 0.371 e. The van der Waals surface area contributed by atoms with Crippen LogP contribution < -0.4 is 5.32 Å². The van der Waals surface area contributed by atoms with Gasteiger partial charge < -0.3 is 10.3 Å². The average Bonchev–Trinajstić information content (AvgIpc) is 3.09. The molecule has 18 heavy (non-hydrogen) atoms. The van der Waals surface area contributed by atoms with Gasteiger partial charge in [0.2, 0.25) is 0 Å². The number of rotatable bonds is 1. The van der Waals surface area contributed by atoms with Crippen molar-refractivity contribution in [1.29, 1.82) is 0 Å². The number of nitrogens with one attached hydrogen (secondary N) is 2. The molecule has 0 saturated heterocycles. The van der Waals surface area contributed by atoms with Crippen molar-refractivity contribution in [3.05, 3.63) is 35.5 Å². The van der Waals surface area contributed by atoms with Crippen molar-refractivity contribution in [2.24, 2.45) is 4.99 Å². The van der Waals surface area contributed by atoms with Gasteiger partial charge in [-0.25, -0.2) is 0 Å². The van der Waals surface area contributed by atoms with E-state index in [0.29, 0.717) is 5.92 Å². The summed E-state index contributed by atoms with van der Waals surface area (Å²) >= 11 is 0. The van der Waals surface area contributed by atoms with Crippen LogP contribution in [0.25, 0.3) is 10.9 Å². The number of benzene rings is 1. The van der Waals surface area contributed by atoms with Crippen LogP contribution >= 0.6 is 0 Å². The lowest BCUT2D eigenvalue weighted by atomic mass is 9.80. The molecule has 0 spiro atoms. The number of aromatic nitrogens is 1. The first-order valence-electron chi connectivity index (χ1n) is 6.80. The monoisotopic (exact) mass is 239 g/mol. The number of aromatic amines is 1. The Morgan fingerprint density at radius 3 is 3.11 bits per heavy atom. The molecule has 1 atom stereocenters. The molecule has 0 amide bonds. The minimum absolute atomic E-state index is 0.496. The normalized spacial score (nSPS) is 22.7. The molecule has 2 aliphatic rings. The maximum Gasteiger partial charge on any atom is 0.104 e. The topological polar surface area (TPSA) is 40.2 Å². The minimum Gasteiger partial charge on any atom is -0.371 e. The van der Waals surface area contributed by atoms with E-state index >= 15 is 0 Å². The summed E-state index contributed by atoms with van der Waals surface area (Å²) in [5.74, 6) is 1.71. The molecule has 1 aliphatic carbocycles. The number of amidine groups is 1. The third-order valence-corrected chi connectivity index (χ3v) is 4.21. The molecule has 1 aromatic heterocycles. The molecule has 4 rings (SSSR count). The summed E-state index contributed by atoms with van der Waals surface area (Å²) in [6.07, 6.45) is 5.74. The maximum absolute atomic E-state index is 4.62. The van der Waals surface area contributed by atoms with Crippen LogP contribution in [-0.4, -0.2) is 23.9 Å². The first-order valence-corrected chi connectivity index (χ1v) is 6.80. The zero-order valence-corrected chi connectivity index (χ0v) is 10.4. The molecule has 2 N–H and O–H groups in total. The zero-order valence-electron chi connectivity index (χ0n) is 10.4. The number of hydrogen-bond donors (Lipinski definition) is 2. The van der Waals surface area contributed by atoms with E-state index in [2.05, 4.69) is 33.5 Å². The Balaban J connectivity index is 1.88. The van der Waals surface area contributed by atoms with Gasteiger partial charge in [-0.15, -0.1) is 0 Å².